The van der Waals surface area contributed by atoms with E-state index in [-0.39, 0.29) is 24.2 Å². The summed E-state index contributed by atoms with van der Waals surface area (Å²) in [5.74, 6) is -0.498. The van der Waals surface area contributed by atoms with Gasteiger partial charge in [-0.05, 0) is 24.1 Å². The predicted molar refractivity (Wildman–Crippen MR) is 94.8 cm³/mol. The highest BCUT2D eigenvalue weighted by Crippen LogP contribution is 2.27. The second kappa shape index (κ2) is 7.05. The van der Waals surface area contributed by atoms with Gasteiger partial charge in [-0.2, -0.15) is 0 Å². The topological polar surface area (TPSA) is 49.4 Å². The molecule has 0 radical (unpaired) electrons. The van der Waals surface area contributed by atoms with E-state index in [9.17, 15) is 9.59 Å². The average Bonchev–Trinajstić information content (AvgIpc) is 2.93. The van der Waals surface area contributed by atoms with Gasteiger partial charge < -0.3 is 10.2 Å². The molecule has 1 saturated heterocycles. The smallest absolute Gasteiger partial charge is 0.229 e. The maximum absolute atomic E-state index is 12.5. The highest BCUT2D eigenvalue weighted by Gasteiger charge is 2.34. The van der Waals surface area contributed by atoms with Gasteiger partial charge >= 0.3 is 0 Å². The zero-order chi connectivity index (χ0) is 17.1. The molecule has 1 aliphatic heterocycles. The number of likely N-dealkylation sites (tertiary alicyclic amines) is 1. The first-order chi connectivity index (χ1) is 11.5. The van der Waals surface area contributed by atoms with E-state index in [4.69, 9.17) is 11.6 Å². The lowest BCUT2D eigenvalue weighted by molar-refractivity contribution is -0.128. The van der Waals surface area contributed by atoms with Gasteiger partial charge in [0, 0.05) is 19.5 Å². The van der Waals surface area contributed by atoms with Crippen LogP contribution in [0.25, 0.3) is 0 Å². The van der Waals surface area contributed by atoms with Crippen LogP contribution in [0.3, 0.4) is 0 Å². The fourth-order valence-corrected chi connectivity index (χ4v) is 3.19. The van der Waals surface area contributed by atoms with Gasteiger partial charge in [0.1, 0.15) is 0 Å². The van der Waals surface area contributed by atoms with Gasteiger partial charge in [-0.25, -0.2) is 0 Å². The summed E-state index contributed by atoms with van der Waals surface area (Å²) in [6.07, 6.45) is 0.238. The van der Waals surface area contributed by atoms with E-state index in [1.165, 1.54) is 0 Å². The number of rotatable bonds is 4. The van der Waals surface area contributed by atoms with Crippen LogP contribution < -0.4 is 5.32 Å². The minimum Gasteiger partial charge on any atom is -0.338 e. The summed E-state index contributed by atoms with van der Waals surface area (Å²) in [5, 5.41) is 3.38. The van der Waals surface area contributed by atoms with Crippen LogP contribution >= 0.6 is 11.6 Å². The molecule has 0 unspecified atom stereocenters. The number of hydrogen-bond acceptors (Lipinski definition) is 2. The average molecular weight is 343 g/mol. The number of hydrogen-bond donors (Lipinski definition) is 1. The number of benzene rings is 2. The zero-order valence-corrected chi connectivity index (χ0v) is 14.2. The first-order valence-electron chi connectivity index (χ1n) is 7.92. The lowest BCUT2D eigenvalue weighted by atomic mass is 10.1. The largest absolute Gasteiger partial charge is 0.338 e. The second-order valence-electron chi connectivity index (χ2n) is 6.08. The van der Waals surface area contributed by atoms with Crippen LogP contribution in [0.1, 0.15) is 17.5 Å². The maximum atomic E-state index is 12.5. The summed E-state index contributed by atoms with van der Waals surface area (Å²) in [6.45, 7) is 2.86. The normalized spacial score (nSPS) is 17.2. The molecule has 1 atom stereocenters. The summed E-state index contributed by atoms with van der Waals surface area (Å²) < 4.78 is 0. The Kier molecular flexibility index (Phi) is 4.86. The van der Waals surface area contributed by atoms with Crippen molar-refractivity contribution < 1.29 is 9.59 Å². The van der Waals surface area contributed by atoms with E-state index >= 15 is 0 Å². The van der Waals surface area contributed by atoms with Gasteiger partial charge in [0.05, 0.1) is 16.6 Å². The van der Waals surface area contributed by atoms with Crippen molar-refractivity contribution in [1.29, 1.82) is 0 Å². The molecule has 24 heavy (non-hydrogen) atoms. The third-order valence-corrected chi connectivity index (χ3v) is 4.59. The first-order valence-corrected chi connectivity index (χ1v) is 8.30. The Morgan fingerprint density at radius 3 is 2.67 bits per heavy atom. The van der Waals surface area contributed by atoms with Crippen molar-refractivity contribution in [2.45, 2.75) is 19.9 Å². The van der Waals surface area contributed by atoms with Gasteiger partial charge in [0.15, 0.2) is 0 Å². The minimum atomic E-state index is -0.350. The zero-order valence-electron chi connectivity index (χ0n) is 13.5. The Morgan fingerprint density at radius 2 is 1.96 bits per heavy atom. The number of nitrogens with zero attached hydrogens (tertiary/aromatic N) is 1. The standard InChI is InChI=1S/C19H19ClN2O2/c1-13-6-5-9-16(20)18(13)21-19(24)15-10-17(23)22(12-15)11-14-7-3-2-4-8-14/h2-9,15H,10-12H2,1H3,(H,21,24)/t15-/m0/s1. The summed E-state index contributed by atoms with van der Waals surface area (Å²) in [4.78, 5) is 26.4. The summed E-state index contributed by atoms with van der Waals surface area (Å²) in [5.41, 5.74) is 2.59. The van der Waals surface area contributed by atoms with Crippen LogP contribution in [-0.4, -0.2) is 23.3 Å². The summed E-state index contributed by atoms with van der Waals surface area (Å²) in [7, 11) is 0. The van der Waals surface area contributed by atoms with Crippen LogP contribution in [-0.2, 0) is 16.1 Å². The Hall–Kier alpha value is -2.33. The molecule has 4 nitrogen and oxygen atoms in total. The number of nitrogens with one attached hydrogen (secondary N) is 1. The third kappa shape index (κ3) is 3.60. The molecule has 5 heteroatoms. The number of halogens is 1. The molecule has 2 amide bonds. The number of aryl methyl sites for hydroxylation is 1. The molecule has 124 valence electrons. The van der Waals surface area contributed by atoms with Crippen LogP contribution in [0.4, 0.5) is 5.69 Å². The molecule has 0 saturated carbocycles. The Balaban J connectivity index is 1.66. The molecular formula is C19H19ClN2O2. The number of carbonyl (C=O) groups excluding carboxylic acids is 2. The van der Waals surface area contributed by atoms with Crippen molar-refractivity contribution in [1.82, 2.24) is 4.90 Å². The quantitative estimate of drug-likeness (QED) is 0.922. The fraction of sp³-hybridized carbons (Fsp3) is 0.263. The van der Waals surface area contributed by atoms with Crippen molar-refractivity contribution in [3.05, 3.63) is 64.7 Å². The van der Waals surface area contributed by atoms with Gasteiger partial charge in [-0.3, -0.25) is 9.59 Å². The molecule has 2 aromatic rings. The number of carbonyl (C=O) groups is 2. The summed E-state index contributed by atoms with van der Waals surface area (Å²) >= 11 is 6.15. The van der Waals surface area contributed by atoms with Gasteiger partial charge in [-0.15, -0.1) is 0 Å². The molecule has 1 heterocycles. The van der Waals surface area contributed by atoms with Crippen molar-refractivity contribution in [2.75, 3.05) is 11.9 Å². The SMILES string of the molecule is Cc1cccc(Cl)c1NC(=O)[C@H]1CC(=O)N(Cc2ccccc2)C1. The van der Waals surface area contributed by atoms with Crippen LogP contribution in [0.2, 0.25) is 5.02 Å². The highest BCUT2D eigenvalue weighted by molar-refractivity contribution is 6.34. The molecule has 3 rings (SSSR count). The van der Waals surface area contributed by atoms with Gasteiger partial charge in [0.2, 0.25) is 11.8 Å². The highest BCUT2D eigenvalue weighted by atomic mass is 35.5. The van der Waals surface area contributed by atoms with E-state index in [1.54, 1.807) is 11.0 Å². The maximum Gasteiger partial charge on any atom is 0.229 e. The molecule has 1 fully saturated rings. The molecular weight excluding hydrogens is 324 g/mol. The Labute approximate surface area is 146 Å². The molecule has 0 aliphatic carbocycles. The first kappa shape index (κ1) is 16.5. The van der Waals surface area contributed by atoms with Crippen molar-refractivity contribution in [3.63, 3.8) is 0 Å². The van der Waals surface area contributed by atoms with E-state index in [0.29, 0.717) is 23.8 Å². The fourth-order valence-electron chi connectivity index (χ4n) is 2.92. The van der Waals surface area contributed by atoms with Crippen LogP contribution in [0.5, 0.6) is 0 Å². The van der Waals surface area contributed by atoms with Gasteiger partial charge in [0.25, 0.3) is 0 Å². The molecule has 1 N–H and O–H groups in total. The monoisotopic (exact) mass is 342 g/mol. The third-order valence-electron chi connectivity index (χ3n) is 4.27. The Morgan fingerprint density at radius 1 is 1.21 bits per heavy atom. The second-order valence-corrected chi connectivity index (χ2v) is 6.49. The van der Waals surface area contributed by atoms with E-state index in [2.05, 4.69) is 5.32 Å². The van der Waals surface area contributed by atoms with Gasteiger partial charge in [-0.1, -0.05) is 54.1 Å². The molecule has 0 aromatic heterocycles. The number of anilines is 1. The molecule has 0 spiro atoms. The van der Waals surface area contributed by atoms with E-state index in [1.807, 2.05) is 49.4 Å². The van der Waals surface area contributed by atoms with E-state index in [0.717, 1.165) is 11.1 Å². The minimum absolute atomic E-state index is 0.00915. The van der Waals surface area contributed by atoms with Crippen LogP contribution in [0, 0.1) is 12.8 Å². The lowest BCUT2D eigenvalue weighted by Crippen LogP contribution is -2.28. The number of para-hydroxylation sites is 1. The summed E-state index contributed by atoms with van der Waals surface area (Å²) in [6, 6.07) is 15.3. The number of amides is 2. The Bertz CT molecular complexity index is 741. The van der Waals surface area contributed by atoms with E-state index < -0.39 is 0 Å². The van der Waals surface area contributed by atoms with Crippen molar-refractivity contribution in [2.24, 2.45) is 5.92 Å². The van der Waals surface area contributed by atoms with Crippen molar-refractivity contribution in [3.8, 4) is 0 Å². The molecule has 0 bridgehead atoms. The predicted octanol–water partition coefficient (Wildman–Crippen LogP) is 3.64. The lowest BCUT2D eigenvalue weighted by Gasteiger charge is -2.17. The van der Waals surface area contributed by atoms with Crippen molar-refractivity contribution >= 4 is 29.1 Å². The molecule has 1 aliphatic rings. The molecule has 2 aromatic carbocycles. The van der Waals surface area contributed by atoms with Crippen LogP contribution in [0.15, 0.2) is 48.5 Å².